The van der Waals surface area contributed by atoms with Crippen LogP contribution in [0.15, 0.2) is 48.8 Å². The van der Waals surface area contributed by atoms with Gasteiger partial charge in [0.15, 0.2) is 0 Å². The maximum atomic E-state index is 12.3. The molecule has 126 valence electrons. The minimum atomic E-state index is -0.0687. The van der Waals surface area contributed by atoms with Crippen LogP contribution in [-0.2, 0) is 0 Å². The van der Waals surface area contributed by atoms with Gasteiger partial charge in [0.25, 0.3) is 0 Å². The van der Waals surface area contributed by atoms with Crippen LogP contribution in [0.25, 0.3) is 0 Å². The quantitative estimate of drug-likeness (QED) is 0.820. The average Bonchev–Trinajstić information content (AvgIpc) is 2.55. The van der Waals surface area contributed by atoms with Crippen LogP contribution in [0.2, 0.25) is 0 Å². The van der Waals surface area contributed by atoms with Crippen molar-refractivity contribution in [3.63, 3.8) is 0 Å². The number of aromatic nitrogens is 1. The smallest absolute Gasteiger partial charge is 0.321 e. The van der Waals surface area contributed by atoms with Crippen molar-refractivity contribution in [2.45, 2.75) is 25.7 Å². The van der Waals surface area contributed by atoms with Gasteiger partial charge in [0, 0.05) is 43.2 Å². The summed E-state index contributed by atoms with van der Waals surface area (Å²) in [4.78, 5) is 18.2. The second-order valence-corrected chi connectivity index (χ2v) is 6.05. The molecule has 1 N–H and O–H groups in total. The first-order chi connectivity index (χ1) is 11.8. The van der Waals surface area contributed by atoms with Crippen molar-refractivity contribution in [2.75, 3.05) is 25.0 Å². The zero-order valence-corrected chi connectivity index (χ0v) is 13.9. The van der Waals surface area contributed by atoms with Gasteiger partial charge in [-0.1, -0.05) is 25.5 Å². The summed E-state index contributed by atoms with van der Waals surface area (Å²) in [7, 11) is 0. The van der Waals surface area contributed by atoms with E-state index in [1.165, 1.54) is 5.56 Å². The second-order valence-electron chi connectivity index (χ2n) is 6.05. The number of nitrogens with one attached hydrogen (secondary N) is 1. The molecule has 1 saturated heterocycles. The van der Waals surface area contributed by atoms with E-state index in [1.807, 2.05) is 41.4 Å². The molecule has 2 amide bonds. The highest BCUT2D eigenvalue weighted by Gasteiger charge is 2.31. The Bertz CT molecular complexity index is 669. The van der Waals surface area contributed by atoms with E-state index < -0.39 is 0 Å². The van der Waals surface area contributed by atoms with E-state index in [4.69, 9.17) is 4.74 Å². The lowest BCUT2D eigenvalue weighted by Crippen LogP contribution is -2.50. The van der Waals surface area contributed by atoms with Crippen LogP contribution in [0.4, 0.5) is 10.5 Å². The number of pyridine rings is 1. The molecule has 24 heavy (non-hydrogen) atoms. The summed E-state index contributed by atoms with van der Waals surface area (Å²) in [6.45, 7) is 4.28. The Labute approximate surface area is 142 Å². The number of urea groups is 1. The molecule has 0 saturated carbocycles. The van der Waals surface area contributed by atoms with E-state index in [0.29, 0.717) is 12.5 Å². The molecule has 1 aliphatic rings. The van der Waals surface area contributed by atoms with E-state index >= 15 is 0 Å². The molecule has 1 aromatic heterocycles. The van der Waals surface area contributed by atoms with Crippen molar-refractivity contribution in [2.24, 2.45) is 0 Å². The summed E-state index contributed by atoms with van der Waals surface area (Å²) in [5, 5.41) is 2.94. The molecule has 2 aromatic rings. The number of likely N-dealkylation sites (tertiary alicyclic amines) is 1. The third kappa shape index (κ3) is 4.04. The monoisotopic (exact) mass is 325 g/mol. The van der Waals surface area contributed by atoms with E-state index in [-0.39, 0.29) is 6.03 Å². The molecule has 5 nitrogen and oxygen atoms in total. The van der Waals surface area contributed by atoms with Crippen LogP contribution in [-0.4, -0.2) is 35.6 Å². The van der Waals surface area contributed by atoms with Gasteiger partial charge in [0.05, 0.1) is 6.61 Å². The Balaban J connectivity index is 1.50. The van der Waals surface area contributed by atoms with Crippen molar-refractivity contribution >= 4 is 11.7 Å². The molecule has 3 rings (SSSR count). The van der Waals surface area contributed by atoms with E-state index in [9.17, 15) is 4.79 Å². The molecule has 0 spiro atoms. The van der Waals surface area contributed by atoms with E-state index in [2.05, 4.69) is 23.3 Å². The lowest BCUT2D eigenvalue weighted by atomic mass is 9.93. The number of amides is 2. The van der Waals surface area contributed by atoms with Gasteiger partial charge < -0.3 is 15.0 Å². The molecular formula is C19H23N3O2. The number of anilines is 1. The van der Waals surface area contributed by atoms with Crippen LogP contribution >= 0.6 is 0 Å². The van der Waals surface area contributed by atoms with E-state index in [1.54, 1.807) is 6.20 Å². The molecule has 0 radical (unpaired) electrons. The molecule has 1 aromatic carbocycles. The normalized spacial score (nSPS) is 14.1. The maximum Gasteiger partial charge on any atom is 0.321 e. The fourth-order valence-corrected chi connectivity index (χ4v) is 2.67. The third-order valence-electron chi connectivity index (χ3n) is 4.18. The number of nitrogens with zero attached hydrogens (tertiary/aromatic N) is 2. The van der Waals surface area contributed by atoms with Crippen LogP contribution in [0.1, 0.15) is 31.2 Å². The second kappa shape index (κ2) is 7.81. The first-order valence-corrected chi connectivity index (χ1v) is 8.45. The number of carbonyl (C=O) groups is 1. The molecule has 0 bridgehead atoms. The van der Waals surface area contributed by atoms with Gasteiger partial charge in [-0.05, 0) is 30.2 Å². The van der Waals surface area contributed by atoms with Crippen molar-refractivity contribution in [1.29, 1.82) is 0 Å². The molecule has 1 aliphatic heterocycles. The van der Waals surface area contributed by atoms with Crippen molar-refractivity contribution in [3.05, 3.63) is 54.4 Å². The zero-order valence-electron chi connectivity index (χ0n) is 13.9. The van der Waals surface area contributed by atoms with Crippen LogP contribution in [0.5, 0.6) is 5.75 Å². The fourth-order valence-electron chi connectivity index (χ4n) is 2.67. The summed E-state index contributed by atoms with van der Waals surface area (Å²) < 4.78 is 5.67. The predicted molar refractivity (Wildman–Crippen MR) is 94.4 cm³/mol. The predicted octanol–water partition coefficient (Wildman–Crippen LogP) is 3.89. The summed E-state index contributed by atoms with van der Waals surface area (Å²) >= 11 is 0. The van der Waals surface area contributed by atoms with Gasteiger partial charge in [-0.15, -0.1) is 0 Å². The Morgan fingerprint density at radius 3 is 2.96 bits per heavy atom. The summed E-state index contributed by atoms with van der Waals surface area (Å²) in [6.07, 6.45) is 5.77. The fraction of sp³-hybridized carbons (Fsp3) is 0.368. The number of hydrogen-bond donors (Lipinski definition) is 1. The maximum absolute atomic E-state index is 12.3. The average molecular weight is 325 g/mol. The van der Waals surface area contributed by atoms with Crippen LogP contribution < -0.4 is 10.1 Å². The Morgan fingerprint density at radius 1 is 1.33 bits per heavy atom. The number of ether oxygens (including phenoxy) is 1. The highest BCUT2D eigenvalue weighted by atomic mass is 16.5. The van der Waals surface area contributed by atoms with Gasteiger partial charge in [-0.2, -0.15) is 0 Å². The molecule has 0 unspecified atom stereocenters. The van der Waals surface area contributed by atoms with Gasteiger partial charge in [-0.3, -0.25) is 4.98 Å². The van der Waals surface area contributed by atoms with E-state index in [0.717, 1.165) is 37.4 Å². The van der Waals surface area contributed by atoms with Crippen molar-refractivity contribution in [1.82, 2.24) is 9.88 Å². The first kappa shape index (κ1) is 16.3. The van der Waals surface area contributed by atoms with Gasteiger partial charge in [0.2, 0.25) is 0 Å². The highest BCUT2D eigenvalue weighted by Crippen LogP contribution is 2.27. The standard InChI is InChI=1S/C19H23N3O2/c1-2-3-10-24-18-8-4-7-17(11-18)21-19(23)22-13-16(14-22)15-6-5-9-20-12-15/h4-9,11-12,16H,2-3,10,13-14H2,1H3,(H,21,23). The summed E-state index contributed by atoms with van der Waals surface area (Å²) in [5.41, 5.74) is 1.95. The molecular weight excluding hydrogens is 302 g/mol. The molecule has 1 fully saturated rings. The Morgan fingerprint density at radius 2 is 2.21 bits per heavy atom. The van der Waals surface area contributed by atoms with Crippen LogP contribution in [0, 0.1) is 0 Å². The molecule has 0 atom stereocenters. The summed E-state index contributed by atoms with van der Waals surface area (Å²) in [6, 6.07) is 11.5. The number of unbranched alkanes of at least 4 members (excludes halogenated alkanes) is 1. The summed E-state index contributed by atoms with van der Waals surface area (Å²) in [5.74, 6) is 1.17. The lowest BCUT2D eigenvalue weighted by Gasteiger charge is -2.39. The zero-order chi connectivity index (χ0) is 16.8. The number of benzene rings is 1. The van der Waals surface area contributed by atoms with Crippen molar-refractivity contribution in [3.8, 4) is 5.75 Å². The SMILES string of the molecule is CCCCOc1cccc(NC(=O)N2CC(c3cccnc3)C2)c1. The minimum absolute atomic E-state index is 0.0687. The highest BCUT2D eigenvalue weighted by molar-refractivity contribution is 5.90. The largest absolute Gasteiger partial charge is 0.494 e. The number of rotatable bonds is 6. The van der Waals surface area contributed by atoms with Crippen LogP contribution in [0.3, 0.4) is 0 Å². The Kier molecular flexibility index (Phi) is 5.31. The molecule has 5 heteroatoms. The first-order valence-electron chi connectivity index (χ1n) is 8.45. The van der Waals surface area contributed by atoms with Gasteiger partial charge in [-0.25, -0.2) is 4.79 Å². The number of carbonyl (C=O) groups excluding carboxylic acids is 1. The van der Waals surface area contributed by atoms with Crippen molar-refractivity contribution < 1.29 is 9.53 Å². The topological polar surface area (TPSA) is 54.5 Å². The van der Waals surface area contributed by atoms with Gasteiger partial charge >= 0.3 is 6.03 Å². The number of hydrogen-bond acceptors (Lipinski definition) is 3. The molecule has 0 aliphatic carbocycles. The minimum Gasteiger partial charge on any atom is -0.494 e. The Hall–Kier alpha value is -2.56. The molecule has 2 heterocycles. The third-order valence-corrected chi connectivity index (χ3v) is 4.18. The lowest BCUT2D eigenvalue weighted by molar-refractivity contribution is 0.164. The van der Waals surface area contributed by atoms with Gasteiger partial charge in [0.1, 0.15) is 5.75 Å².